The average Bonchev–Trinajstić information content (AvgIpc) is 3.93. The molecule has 0 fully saturated rings. The van der Waals surface area contributed by atoms with Crippen LogP contribution in [0.3, 0.4) is 0 Å². The van der Waals surface area contributed by atoms with E-state index in [0.717, 1.165) is 84.1 Å². The first-order valence-electron chi connectivity index (χ1n) is 20.4. The third kappa shape index (κ3) is 7.03. The molecule has 0 aliphatic heterocycles. The van der Waals surface area contributed by atoms with Crippen molar-refractivity contribution in [1.82, 2.24) is 9.13 Å². The monoisotopic (exact) mass is 974 g/mol. The van der Waals surface area contributed by atoms with E-state index in [4.69, 9.17) is 0 Å². The van der Waals surface area contributed by atoms with Gasteiger partial charge in [-0.15, -0.1) is 12.1 Å². The van der Waals surface area contributed by atoms with E-state index in [0.29, 0.717) is 0 Å². The molecular formula is C56H37N5Pt+2. The van der Waals surface area contributed by atoms with Gasteiger partial charge in [0.1, 0.15) is 0 Å². The Hall–Kier alpha value is -7.59. The maximum Gasteiger partial charge on any atom is 4.00 e. The topological polar surface area (TPSA) is 20.9 Å². The number of rotatable bonds is 9. The molecule has 0 radical (unpaired) electrons. The van der Waals surface area contributed by atoms with Gasteiger partial charge in [-0.25, -0.2) is 0 Å². The summed E-state index contributed by atoms with van der Waals surface area (Å²) >= 11 is 0. The molecule has 9 aromatic carbocycles. The van der Waals surface area contributed by atoms with Crippen LogP contribution in [0, 0.1) is 24.8 Å². The molecular weight excluding hydrogens is 938 g/mol. The Bertz CT molecular complexity index is 3110. The fourth-order valence-electron chi connectivity index (χ4n) is 8.29. The third-order valence-corrected chi connectivity index (χ3v) is 11.1. The van der Waals surface area contributed by atoms with E-state index >= 15 is 0 Å². The van der Waals surface area contributed by atoms with E-state index in [1.165, 1.54) is 0 Å². The van der Waals surface area contributed by atoms with Crippen molar-refractivity contribution in [3.8, 4) is 45.0 Å². The first-order chi connectivity index (χ1) is 30.3. The fourth-order valence-corrected chi connectivity index (χ4v) is 8.29. The van der Waals surface area contributed by atoms with Crippen LogP contribution in [-0.2, 0) is 21.1 Å². The van der Waals surface area contributed by atoms with Crippen LogP contribution in [-0.4, -0.2) is 9.13 Å². The summed E-state index contributed by atoms with van der Waals surface area (Å²) in [6.45, 7) is 0. The van der Waals surface area contributed by atoms with E-state index in [2.05, 4.69) is 266 Å². The minimum Gasteiger partial charge on any atom is -0.359 e. The van der Waals surface area contributed by atoms with Crippen LogP contribution in [0.1, 0.15) is 0 Å². The second-order valence-corrected chi connectivity index (χ2v) is 14.8. The van der Waals surface area contributed by atoms with Gasteiger partial charge in [-0.05, 0) is 57.9 Å². The van der Waals surface area contributed by atoms with E-state index in [1.54, 1.807) is 0 Å². The Morgan fingerprint density at radius 3 is 1.21 bits per heavy atom. The molecule has 0 aliphatic rings. The SMILES string of the molecule is [Pt+4].[c-]1c(N(c2[c-]c(-n3[c-][n+](-c4ccccc4-c4ccccc4)c4ccccc43)ccc2)c2ccccc2)cccc1-n1[c-][n+](-c2ccccc2-c2ccccc2)c2ccccc21. The smallest absolute Gasteiger partial charge is 0.359 e. The molecule has 2 heterocycles. The van der Waals surface area contributed by atoms with Crippen molar-refractivity contribution in [3.63, 3.8) is 0 Å². The largest absolute Gasteiger partial charge is 4.00 e. The molecule has 0 saturated carbocycles. The van der Waals surface area contributed by atoms with Gasteiger partial charge in [0, 0.05) is 5.69 Å². The van der Waals surface area contributed by atoms with Crippen LogP contribution in [0.4, 0.5) is 17.1 Å². The predicted octanol–water partition coefficient (Wildman–Crippen LogP) is 12.1. The average molecular weight is 975 g/mol. The second-order valence-electron chi connectivity index (χ2n) is 14.8. The van der Waals surface area contributed by atoms with Gasteiger partial charge < -0.3 is 14.0 Å². The third-order valence-electron chi connectivity index (χ3n) is 11.1. The summed E-state index contributed by atoms with van der Waals surface area (Å²) in [7, 11) is 0. The number of fused-ring (bicyclic) bond motifs is 2. The summed E-state index contributed by atoms with van der Waals surface area (Å²) in [6.07, 6.45) is 7.44. The fraction of sp³-hybridized carbons (Fsp3) is 0. The Morgan fingerprint density at radius 2 is 0.742 bits per heavy atom. The first-order valence-corrected chi connectivity index (χ1v) is 20.4. The molecule has 11 aromatic rings. The van der Waals surface area contributed by atoms with Gasteiger partial charge >= 0.3 is 21.1 Å². The van der Waals surface area contributed by atoms with Crippen molar-refractivity contribution in [2.75, 3.05) is 4.90 Å². The standard InChI is InChI=1S/C56H37N5.Pt/c1-4-20-42(21-5-1)49-30-10-12-32-51(49)59-40-57(53-34-14-16-36-55(53)59)45-26-18-28-47(38-45)61(44-24-8-3-9-25-44)48-29-19-27-46(39-48)58-41-60(56-37-17-15-35-54(56)58)52-33-13-11-31-50(52)43-22-6-2-7-23-43;/h1-37H;/q-2;+4. The molecule has 11 rings (SSSR count). The number of hydrogen-bond acceptors (Lipinski definition) is 1. The van der Waals surface area contributed by atoms with E-state index in [1.807, 2.05) is 6.07 Å². The Kier molecular flexibility index (Phi) is 10.5. The first kappa shape index (κ1) is 38.6. The maximum atomic E-state index is 3.80. The van der Waals surface area contributed by atoms with Crippen molar-refractivity contribution in [2.45, 2.75) is 0 Å². The van der Waals surface area contributed by atoms with Gasteiger partial charge in [-0.2, -0.15) is 36.4 Å². The zero-order chi connectivity index (χ0) is 40.5. The molecule has 0 atom stereocenters. The van der Waals surface area contributed by atoms with Crippen molar-refractivity contribution in [1.29, 1.82) is 0 Å². The van der Waals surface area contributed by atoms with Crippen LogP contribution < -0.4 is 14.0 Å². The summed E-state index contributed by atoms with van der Waals surface area (Å²) < 4.78 is 8.54. The molecule has 0 unspecified atom stereocenters. The van der Waals surface area contributed by atoms with Crippen LogP contribution in [0.5, 0.6) is 0 Å². The number of anilines is 3. The Balaban J connectivity index is 0.00000458. The Labute approximate surface area is 375 Å². The predicted molar refractivity (Wildman–Crippen MR) is 244 cm³/mol. The van der Waals surface area contributed by atoms with Crippen molar-refractivity contribution in [2.24, 2.45) is 0 Å². The number of benzene rings is 9. The molecule has 0 saturated heterocycles. The molecule has 0 spiro atoms. The van der Waals surface area contributed by atoms with Crippen LogP contribution in [0.25, 0.3) is 67.1 Å². The van der Waals surface area contributed by atoms with Crippen molar-refractivity contribution in [3.05, 3.63) is 249 Å². The van der Waals surface area contributed by atoms with E-state index in [9.17, 15) is 0 Å². The van der Waals surface area contributed by atoms with Crippen molar-refractivity contribution < 1.29 is 30.2 Å². The van der Waals surface area contributed by atoms with Crippen LogP contribution in [0.15, 0.2) is 224 Å². The van der Waals surface area contributed by atoms with Crippen molar-refractivity contribution >= 4 is 39.1 Å². The van der Waals surface area contributed by atoms with E-state index in [-0.39, 0.29) is 21.1 Å². The normalized spacial score (nSPS) is 11.1. The van der Waals surface area contributed by atoms with Gasteiger partial charge in [0.25, 0.3) is 12.7 Å². The number of aromatic nitrogens is 4. The quantitative estimate of drug-likeness (QED) is 0.104. The maximum absolute atomic E-state index is 3.80. The minimum atomic E-state index is 0. The van der Waals surface area contributed by atoms with Crippen LogP contribution >= 0.6 is 0 Å². The van der Waals surface area contributed by atoms with Gasteiger partial charge in [-0.3, -0.25) is 9.13 Å². The molecule has 62 heavy (non-hydrogen) atoms. The van der Waals surface area contributed by atoms with Gasteiger partial charge in [0.05, 0.1) is 33.4 Å². The minimum absolute atomic E-state index is 0. The number of hydrogen-bond donors (Lipinski definition) is 0. The summed E-state index contributed by atoms with van der Waals surface area (Å²) in [6, 6.07) is 85.5. The summed E-state index contributed by atoms with van der Waals surface area (Å²) in [5, 5.41) is 0. The number of nitrogens with zero attached hydrogens (tertiary/aromatic N) is 5. The molecule has 5 nitrogen and oxygen atoms in total. The van der Waals surface area contributed by atoms with Gasteiger partial charge in [-0.1, -0.05) is 175 Å². The zero-order valence-electron chi connectivity index (χ0n) is 33.4. The van der Waals surface area contributed by atoms with E-state index < -0.39 is 0 Å². The number of imidazole rings is 2. The molecule has 2 aromatic heterocycles. The molecule has 0 bridgehead atoms. The molecule has 294 valence electrons. The molecule has 0 N–H and O–H groups in total. The van der Waals surface area contributed by atoms with Crippen LogP contribution in [0.2, 0.25) is 0 Å². The zero-order valence-corrected chi connectivity index (χ0v) is 35.7. The summed E-state index contributed by atoms with van der Waals surface area (Å²) in [5.41, 5.74) is 15.3. The second kappa shape index (κ2) is 16.8. The summed E-state index contributed by atoms with van der Waals surface area (Å²) in [5.74, 6) is 0. The molecule has 6 heteroatoms. The number of para-hydroxylation sites is 7. The summed E-state index contributed by atoms with van der Waals surface area (Å²) in [4.78, 5) is 2.21. The van der Waals surface area contributed by atoms with Gasteiger partial charge in [0.2, 0.25) is 0 Å². The molecule has 0 amide bonds. The molecule has 0 aliphatic carbocycles. The van der Waals surface area contributed by atoms with Gasteiger partial charge in [0.15, 0.2) is 0 Å². The Morgan fingerprint density at radius 1 is 0.355 bits per heavy atom.